The maximum Gasteiger partial charge on any atom is 0.146 e. The highest BCUT2D eigenvalue weighted by atomic mass is 15.1. The number of hydrogen-bond acceptors (Lipinski definition) is 12. The van der Waals surface area contributed by atoms with E-state index in [0.717, 1.165) is 215 Å². The Morgan fingerprint density at radius 1 is 0.159 bits per heavy atom. The van der Waals surface area contributed by atoms with Gasteiger partial charge in [-0.1, -0.05) is 176 Å². The van der Waals surface area contributed by atoms with E-state index in [0.29, 0.717) is 0 Å². The van der Waals surface area contributed by atoms with E-state index >= 15 is 0 Å². The van der Waals surface area contributed by atoms with Crippen molar-refractivity contribution in [1.29, 1.82) is 0 Å². The van der Waals surface area contributed by atoms with Crippen LogP contribution >= 0.6 is 0 Å². The molecule has 0 aliphatic heterocycles. The van der Waals surface area contributed by atoms with Crippen LogP contribution in [0, 0.1) is 0 Å². The zero-order chi connectivity index (χ0) is 82.9. The van der Waals surface area contributed by atoms with E-state index in [1.807, 2.05) is 110 Å². The van der Waals surface area contributed by atoms with Crippen molar-refractivity contribution in [3.8, 4) is 67.8 Å². The summed E-state index contributed by atoms with van der Waals surface area (Å²) in [5.41, 5.74) is 25.2. The van der Waals surface area contributed by atoms with E-state index in [4.69, 9.17) is 39.9 Å². The molecule has 27 aromatic rings. The van der Waals surface area contributed by atoms with Crippen LogP contribution in [0.1, 0.15) is 0 Å². The van der Waals surface area contributed by atoms with Gasteiger partial charge in [0.25, 0.3) is 0 Å². The minimum absolute atomic E-state index is 0.809. The Morgan fingerprint density at radius 3 is 0.802 bits per heavy atom. The second-order valence-electron chi connectivity index (χ2n) is 31.6. The van der Waals surface area contributed by atoms with Crippen molar-refractivity contribution in [2.75, 3.05) is 0 Å². The fourth-order valence-corrected chi connectivity index (χ4v) is 18.5. The SMILES string of the molecule is c1ccc(-c2ccc(-c3ccc4c(c3)c3cccnc3n4-c3ccc4ccc5cccnc5c4n3)cc2)cc1.c1ccc(-n2c3ccc(-c4ccc5c(c4)c4cccnc4n5-c4ccc5ccc6cccnc6c5n4)cc3c3cccnc32)cc1.c1cnc2c(c1)ccc1ccc(-c3ccc4c(c3)c3cccnc3n4-c3ccc4ccc5cccnc5c4n3)nc12. The van der Waals surface area contributed by atoms with Gasteiger partial charge in [0.2, 0.25) is 0 Å². The van der Waals surface area contributed by atoms with E-state index < -0.39 is 0 Å². The molecule has 16 heteroatoms. The van der Waals surface area contributed by atoms with Crippen molar-refractivity contribution >= 4 is 175 Å². The molecule has 0 spiro atoms. The van der Waals surface area contributed by atoms with E-state index in [2.05, 4.69) is 329 Å². The smallest absolute Gasteiger partial charge is 0.146 e. The van der Waals surface area contributed by atoms with Gasteiger partial charge >= 0.3 is 0 Å². The number of benzene rings is 11. The van der Waals surface area contributed by atoms with Crippen molar-refractivity contribution in [3.63, 3.8) is 0 Å². The number of hydrogen-bond donors (Lipinski definition) is 0. The Labute approximate surface area is 717 Å². The number of fused-ring (bicyclic) bond motifs is 24. The van der Waals surface area contributed by atoms with Crippen molar-refractivity contribution in [3.05, 3.63) is 401 Å². The van der Waals surface area contributed by atoms with Gasteiger partial charge in [-0.05, 0) is 209 Å². The first-order valence-electron chi connectivity index (χ1n) is 41.8. The highest BCUT2D eigenvalue weighted by molar-refractivity contribution is 6.15. The lowest BCUT2D eigenvalue weighted by molar-refractivity contribution is 1.07. The summed E-state index contributed by atoms with van der Waals surface area (Å²) in [7, 11) is 0. The van der Waals surface area contributed by atoms with Crippen LogP contribution in [0.25, 0.3) is 243 Å². The summed E-state index contributed by atoms with van der Waals surface area (Å²) < 4.78 is 8.71. The molecule has 0 fully saturated rings. The Kier molecular flexibility index (Phi) is 16.5. The molecule has 0 aliphatic rings. The Morgan fingerprint density at radius 2 is 0.421 bits per heavy atom. The summed E-state index contributed by atoms with van der Waals surface area (Å²) in [6.07, 6.45) is 14.7. The lowest BCUT2D eigenvalue weighted by Gasteiger charge is -2.09. The van der Waals surface area contributed by atoms with Gasteiger partial charge < -0.3 is 0 Å². The van der Waals surface area contributed by atoms with Crippen molar-refractivity contribution < 1.29 is 0 Å². The maximum atomic E-state index is 5.17. The van der Waals surface area contributed by atoms with Crippen LogP contribution in [-0.4, -0.2) is 78.1 Å². The molecule has 586 valence electrons. The molecule has 16 nitrogen and oxygen atoms in total. The summed E-state index contributed by atoms with van der Waals surface area (Å²) >= 11 is 0. The highest BCUT2D eigenvalue weighted by Gasteiger charge is 2.23. The number of para-hydroxylation sites is 1. The van der Waals surface area contributed by atoms with Gasteiger partial charge in [0, 0.05) is 147 Å². The van der Waals surface area contributed by atoms with Gasteiger partial charge in [0.15, 0.2) is 0 Å². The molecule has 0 radical (unpaired) electrons. The quantitative estimate of drug-likeness (QED) is 0.132. The normalized spacial score (nSPS) is 11.8. The molecular formula is C110H66N16. The molecular weight excluding hydrogens is 1550 g/mol. The first kappa shape index (κ1) is 71.4. The molecule has 27 rings (SSSR count). The van der Waals surface area contributed by atoms with Crippen LogP contribution in [0.3, 0.4) is 0 Å². The lowest BCUT2D eigenvalue weighted by atomic mass is 9.99. The number of aromatic nitrogens is 16. The zero-order valence-electron chi connectivity index (χ0n) is 67.3. The summed E-state index contributed by atoms with van der Waals surface area (Å²) in [5.74, 6) is 2.46. The van der Waals surface area contributed by atoms with E-state index in [1.165, 1.54) is 27.6 Å². The third-order valence-corrected chi connectivity index (χ3v) is 24.4. The molecule has 0 bridgehead atoms. The lowest BCUT2D eigenvalue weighted by Crippen LogP contribution is -1.99. The van der Waals surface area contributed by atoms with Gasteiger partial charge in [0.05, 0.1) is 71.9 Å². The first-order valence-corrected chi connectivity index (χ1v) is 41.8. The summed E-state index contributed by atoms with van der Waals surface area (Å²) in [4.78, 5) is 58.3. The molecule has 16 heterocycles. The molecule has 11 aromatic carbocycles. The fourth-order valence-electron chi connectivity index (χ4n) is 18.5. The maximum absolute atomic E-state index is 5.17. The molecule has 0 aliphatic carbocycles. The van der Waals surface area contributed by atoms with Crippen LogP contribution in [-0.2, 0) is 0 Å². The van der Waals surface area contributed by atoms with Crippen molar-refractivity contribution in [2.45, 2.75) is 0 Å². The molecule has 0 saturated heterocycles. The van der Waals surface area contributed by atoms with Crippen LogP contribution < -0.4 is 0 Å². The summed E-state index contributed by atoms with van der Waals surface area (Å²) in [5, 5.41) is 17.5. The fraction of sp³-hybridized carbons (Fsp3) is 0. The van der Waals surface area contributed by atoms with Crippen LogP contribution in [0.5, 0.6) is 0 Å². The van der Waals surface area contributed by atoms with Crippen LogP contribution in [0.4, 0.5) is 0 Å². The van der Waals surface area contributed by atoms with Gasteiger partial charge in [-0.25, -0.2) is 39.9 Å². The molecule has 0 N–H and O–H groups in total. The summed E-state index contributed by atoms with van der Waals surface area (Å²) in [6.45, 7) is 0. The molecule has 0 amide bonds. The van der Waals surface area contributed by atoms with Crippen molar-refractivity contribution in [1.82, 2.24) is 78.1 Å². The predicted octanol–water partition coefficient (Wildman–Crippen LogP) is 26.1. The monoisotopic (exact) mass is 1610 g/mol. The van der Waals surface area contributed by atoms with E-state index in [1.54, 1.807) is 0 Å². The standard InChI is InChI=1S/C40H24N6.C35H20N6.C35H22N4/c1-2-8-29(9-3-1)45-34-17-14-27(23-32(34)30-10-5-21-42-39(30)45)28-15-18-35-33(24-28)31-11-6-22-43-40(31)46(35)36-19-16-26-13-12-25-7-4-20-41-37(25)38(26)44-36;1-4-21-7-9-23-11-14-28(39-33(23)31(21)36-17-1)25-12-15-29-27(20-25)26-6-3-19-38-35(26)41(29)30-16-13-24-10-8-22-5-2-18-37-32(22)34(24)40-30;1-2-6-23(7-3-1)24-10-12-25(13-11-24)28-16-18-31-30(22-28)29-9-5-21-37-35(29)39(31)32-19-17-27-15-14-26-8-4-20-36-33(26)34(27)38-32/h1-24H;1-20H;1-22H. The first-order chi connectivity index (χ1) is 62.5. The molecule has 0 atom stereocenters. The minimum atomic E-state index is 0.809. The number of pyridine rings is 12. The molecule has 0 unspecified atom stereocenters. The second kappa shape index (κ2) is 29.2. The predicted molar refractivity (Wildman–Crippen MR) is 512 cm³/mol. The Bertz CT molecular complexity index is 9140. The van der Waals surface area contributed by atoms with Gasteiger partial charge in [-0.2, -0.15) is 0 Å². The number of nitrogens with zero attached hydrogens (tertiary/aromatic N) is 16. The van der Waals surface area contributed by atoms with Gasteiger partial charge in [0.1, 0.15) is 40.0 Å². The molecule has 0 saturated carbocycles. The Balaban J connectivity index is 0.000000103. The second-order valence-corrected chi connectivity index (χ2v) is 31.6. The Hall–Kier alpha value is -17.5. The van der Waals surface area contributed by atoms with Gasteiger partial charge in [-0.15, -0.1) is 0 Å². The third kappa shape index (κ3) is 11.8. The van der Waals surface area contributed by atoms with Crippen molar-refractivity contribution in [2.24, 2.45) is 0 Å². The summed E-state index contributed by atoms with van der Waals surface area (Å²) in [6, 6.07) is 122. The van der Waals surface area contributed by atoms with E-state index in [9.17, 15) is 0 Å². The topological polar surface area (TPSA) is 174 Å². The largest absolute Gasteiger partial charge is 0.294 e. The molecule has 16 aromatic heterocycles. The average molecular weight is 1610 g/mol. The average Bonchev–Trinajstić information content (AvgIpc) is 1.50. The molecule has 126 heavy (non-hydrogen) atoms. The van der Waals surface area contributed by atoms with E-state index in [-0.39, 0.29) is 0 Å². The highest BCUT2D eigenvalue weighted by Crippen LogP contribution is 2.42. The number of rotatable bonds is 8. The van der Waals surface area contributed by atoms with Gasteiger partial charge in [-0.3, -0.25) is 38.2 Å². The van der Waals surface area contributed by atoms with Crippen LogP contribution in [0.15, 0.2) is 401 Å². The third-order valence-electron chi connectivity index (χ3n) is 24.4. The van der Waals surface area contributed by atoms with Crippen LogP contribution in [0.2, 0.25) is 0 Å². The minimum Gasteiger partial charge on any atom is -0.294 e. The zero-order valence-corrected chi connectivity index (χ0v) is 67.3.